The fourth-order valence-corrected chi connectivity index (χ4v) is 2.61. The van der Waals surface area contributed by atoms with Crippen molar-refractivity contribution in [2.24, 2.45) is 0 Å². The van der Waals surface area contributed by atoms with Gasteiger partial charge in [0.1, 0.15) is 11.8 Å². The first-order valence-corrected chi connectivity index (χ1v) is 6.88. The molecule has 0 saturated carbocycles. The van der Waals surface area contributed by atoms with Crippen LogP contribution in [0.5, 0.6) is 0 Å². The fourth-order valence-electron chi connectivity index (χ4n) is 2.61. The van der Waals surface area contributed by atoms with E-state index in [1.165, 1.54) is 0 Å². The van der Waals surface area contributed by atoms with Crippen molar-refractivity contribution in [2.45, 2.75) is 25.8 Å². The molecular formula is C14H23N3O2. The second-order valence-corrected chi connectivity index (χ2v) is 5.10. The van der Waals surface area contributed by atoms with Gasteiger partial charge in [0.25, 0.3) is 0 Å². The number of amides is 1. The first kappa shape index (κ1) is 14.1. The van der Waals surface area contributed by atoms with Crippen molar-refractivity contribution in [1.82, 2.24) is 15.1 Å². The number of nitrogens with zero attached hydrogens (tertiary/aromatic N) is 2. The number of carbonyl (C=O) groups is 1. The Morgan fingerprint density at radius 1 is 1.58 bits per heavy atom. The zero-order chi connectivity index (χ0) is 13.8. The zero-order valence-corrected chi connectivity index (χ0v) is 12.0. The van der Waals surface area contributed by atoms with E-state index in [1.54, 1.807) is 13.3 Å². The molecule has 1 unspecified atom stereocenters. The topological polar surface area (TPSA) is 48.7 Å². The molecule has 1 aliphatic rings. The predicted octanol–water partition coefficient (Wildman–Crippen LogP) is 1.22. The average molecular weight is 265 g/mol. The first-order chi connectivity index (χ1) is 9.17. The van der Waals surface area contributed by atoms with Gasteiger partial charge < -0.3 is 14.6 Å². The zero-order valence-electron chi connectivity index (χ0n) is 12.0. The van der Waals surface area contributed by atoms with Gasteiger partial charge in [0.15, 0.2) is 0 Å². The Morgan fingerprint density at radius 2 is 2.37 bits per heavy atom. The average Bonchev–Trinajstić information content (AvgIpc) is 2.79. The van der Waals surface area contributed by atoms with Gasteiger partial charge in [-0.05, 0) is 45.1 Å². The van der Waals surface area contributed by atoms with E-state index in [0.29, 0.717) is 6.67 Å². The van der Waals surface area contributed by atoms with Crippen LogP contribution in [-0.4, -0.2) is 49.6 Å². The van der Waals surface area contributed by atoms with Crippen molar-refractivity contribution in [1.29, 1.82) is 0 Å². The Hall–Kier alpha value is -1.33. The maximum atomic E-state index is 12.6. The minimum Gasteiger partial charge on any atom is -0.467 e. The lowest BCUT2D eigenvalue weighted by Crippen LogP contribution is -2.44. The standard InChI is InChI=1S/C14H23N3O2/c1-4-7-16(3)10-17-8-5-11-6-9-19-13(11)12(15-2)14(17)18/h6,9,12,15H,4-5,7-8,10H2,1-3H3. The summed E-state index contributed by atoms with van der Waals surface area (Å²) in [7, 11) is 3.85. The van der Waals surface area contributed by atoms with Crippen molar-refractivity contribution < 1.29 is 9.21 Å². The number of hydrogen-bond donors (Lipinski definition) is 1. The van der Waals surface area contributed by atoms with Crippen LogP contribution in [0, 0.1) is 0 Å². The Labute approximate surface area is 114 Å². The predicted molar refractivity (Wildman–Crippen MR) is 73.7 cm³/mol. The van der Waals surface area contributed by atoms with Crippen LogP contribution in [-0.2, 0) is 11.2 Å². The molecule has 0 saturated heterocycles. The Kier molecular flexibility index (Phi) is 4.61. The van der Waals surface area contributed by atoms with Gasteiger partial charge in [0, 0.05) is 6.54 Å². The van der Waals surface area contributed by atoms with Crippen LogP contribution in [0.1, 0.15) is 30.7 Å². The summed E-state index contributed by atoms with van der Waals surface area (Å²) in [5, 5.41) is 3.07. The Balaban J connectivity index is 2.13. The summed E-state index contributed by atoms with van der Waals surface area (Å²) in [6, 6.07) is 1.61. The summed E-state index contributed by atoms with van der Waals surface area (Å²) in [6.07, 6.45) is 3.62. The van der Waals surface area contributed by atoms with Crippen molar-refractivity contribution in [3.05, 3.63) is 23.7 Å². The minimum atomic E-state index is -0.359. The molecule has 0 bridgehead atoms. The van der Waals surface area contributed by atoms with E-state index in [0.717, 1.165) is 37.3 Å². The molecular weight excluding hydrogens is 242 g/mol. The van der Waals surface area contributed by atoms with Crippen LogP contribution in [0.25, 0.3) is 0 Å². The maximum absolute atomic E-state index is 12.6. The molecule has 1 aliphatic heterocycles. The molecule has 1 aromatic rings. The second kappa shape index (κ2) is 6.21. The summed E-state index contributed by atoms with van der Waals surface area (Å²) in [5.41, 5.74) is 1.13. The third-order valence-electron chi connectivity index (χ3n) is 3.56. The highest BCUT2D eigenvalue weighted by molar-refractivity contribution is 5.83. The lowest BCUT2D eigenvalue weighted by Gasteiger charge is -2.28. The third kappa shape index (κ3) is 2.98. The number of carbonyl (C=O) groups excluding carboxylic acids is 1. The molecule has 19 heavy (non-hydrogen) atoms. The Morgan fingerprint density at radius 3 is 3.05 bits per heavy atom. The molecule has 0 fully saturated rings. The van der Waals surface area contributed by atoms with Crippen molar-refractivity contribution >= 4 is 5.91 Å². The number of rotatable bonds is 5. The molecule has 5 heteroatoms. The summed E-state index contributed by atoms with van der Waals surface area (Å²) in [5.74, 6) is 0.868. The molecule has 2 rings (SSSR count). The van der Waals surface area contributed by atoms with Crippen LogP contribution in [0.4, 0.5) is 0 Å². The number of likely N-dealkylation sites (N-methyl/N-ethyl adjacent to an activating group) is 1. The van der Waals surface area contributed by atoms with E-state index in [-0.39, 0.29) is 11.9 Å². The summed E-state index contributed by atoms with van der Waals surface area (Å²) in [4.78, 5) is 16.6. The first-order valence-electron chi connectivity index (χ1n) is 6.88. The van der Waals surface area contributed by atoms with Crippen LogP contribution in [0.2, 0.25) is 0 Å². The van der Waals surface area contributed by atoms with Crippen LogP contribution < -0.4 is 5.32 Å². The van der Waals surface area contributed by atoms with Gasteiger partial charge in [-0.2, -0.15) is 0 Å². The molecule has 0 spiro atoms. The van der Waals surface area contributed by atoms with E-state index in [1.807, 2.05) is 18.0 Å². The van der Waals surface area contributed by atoms with Crippen LogP contribution >= 0.6 is 0 Å². The summed E-state index contributed by atoms with van der Waals surface area (Å²) >= 11 is 0. The van der Waals surface area contributed by atoms with Gasteiger partial charge in [-0.3, -0.25) is 9.69 Å². The summed E-state index contributed by atoms with van der Waals surface area (Å²) < 4.78 is 5.49. The van der Waals surface area contributed by atoms with Crippen LogP contribution in [0.3, 0.4) is 0 Å². The van der Waals surface area contributed by atoms with Gasteiger partial charge in [-0.25, -0.2) is 0 Å². The van der Waals surface area contributed by atoms with E-state index in [4.69, 9.17) is 4.42 Å². The molecule has 5 nitrogen and oxygen atoms in total. The highest BCUT2D eigenvalue weighted by Gasteiger charge is 2.32. The molecule has 1 amide bonds. The molecule has 106 valence electrons. The normalized spacial score (nSPS) is 19.7. The van der Waals surface area contributed by atoms with E-state index in [2.05, 4.69) is 17.1 Å². The Bertz CT molecular complexity index is 430. The molecule has 1 aromatic heterocycles. The molecule has 1 N–H and O–H groups in total. The maximum Gasteiger partial charge on any atom is 0.248 e. The highest BCUT2D eigenvalue weighted by atomic mass is 16.3. The lowest BCUT2D eigenvalue weighted by atomic mass is 10.1. The second-order valence-electron chi connectivity index (χ2n) is 5.10. The molecule has 2 heterocycles. The SMILES string of the molecule is CCCN(C)CN1CCc2ccoc2C(NC)C1=O. The lowest BCUT2D eigenvalue weighted by molar-refractivity contribution is -0.135. The van der Waals surface area contributed by atoms with E-state index < -0.39 is 0 Å². The number of furan rings is 1. The number of fused-ring (bicyclic) bond motifs is 1. The van der Waals surface area contributed by atoms with E-state index >= 15 is 0 Å². The largest absolute Gasteiger partial charge is 0.467 e. The van der Waals surface area contributed by atoms with Gasteiger partial charge >= 0.3 is 0 Å². The molecule has 0 radical (unpaired) electrons. The van der Waals surface area contributed by atoms with Crippen LogP contribution in [0.15, 0.2) is 16.7 Å². The smallest absolute Gasteiger partial charge is 0.248 e. The van der Waals surface area contributed by atoms with Gasteiger partial charge in [-0.1, -0.05) is 6.92 Å². The summed E-state index contributed by atoms with van der Waals surface area (Å²) in [6.45, 7) is 4.57. The van der Waals surface area contributed by atoms with Crippen molar-refractivity contribution in [2.75, 3.05) is 33.9 Å². The van der Waals surface area contributed by atoms with E-state index in [9.17, 15) is 4.79 Å². The van der Waals surface area contributed by atoms with Crippen molar-refractivity contribution in [3.63, 3.8) is 0 Å². The quantitative estimate of drug-likeness (QED) is 0.870. The molecule has 1 atom stereocenters. The molecule has 0 aliphatic carbocycles. The number of hydrogen-bond acceptors (Lipinski definition) is 4. The van der Waals surface area contributed by atoms with Gasteiger partial charge in [0.05, 0.1) is 12.9 Å². The highest BCUT2D eigenvalue weighted by Crippen LogP contribution is 2.25. The fraction of sp³-hybridized carbons (Fsp3) is 0.643. The van der Waals surface area contributed by atoms with Gasteiger partial charge in [0.2, 0.25) is 5.91 Å². The number of nitrogens with one attached hydrogen (secondary N) is 1. The van der Waals surface area contributed by atoms with Gasteiger partial charge in [-0.15, -0.1) is 0 Å². The minimum absolute atomic E-state index is 0.0964. The van der Waals surface area contributed by atoms with Crippen molar-refractivity contribution in [3.8, 4) is 0 Å². The monoisotopic (exact) mass is 265 g/mol. The third-order valence-corrected chi connectivity index (χ3v) is 3.56. The molecule has 0 aromatic carbocycles.